The van der Waals surface area contributed by atoms with Crippen molar-refractivity contribution in [2.75, 3.05) is 14.1 Å². The summed E-state index contributed by atoms with van der Waals surface area (Å²) in [6.07, 6.45) is -0.431. The molecule has 0 aliphatic rings. The Morgan fingerprint density at radius 1 is 0.964 bits per heavy atom. The molecule has 28 heavy (non-hydrogen) atoms. The second-order valence-corrected chi connectivity index (χ2v) is 8.43. The number of likely N-dealkylation sites (N-methyl/N-ethyl adjacent to an activating group) is 2. The molecule has 162 valence electrons. The molecule has 0 saturated heterocycles. The Hall–Kier alpha value is -2.32. The Bertz CT molecular complexity index is 585. The van der Waals surface area contributed by atoms with Crippen molar-refractivity contribution in [1.82, 2.24) is 15.1 Å². The van der Waals surface area contributed by atoms with E-state index in [2.05, 4.69) is 5.32 Å². The van der Waals surface area contributed by atoms with Gasteiger partial charge in [0, 0.05) is 14.1 Å². The van der Waals surface area contributed by atoms with Gasteiger partial charge in [-0.05, 0) is 47.0 Å². The van der Waals surface area contributed by atoms with Gasteiger partial charge in [-0.1, -0.05) is 13.8 Å². The first kappa shape index (κ1) is 25.7. The minimum Gasteiger partial charge on any atom is -0.480 e. The second-order valence-electron chi connectivity index (χ2n) is 8.43. The summed E-state index contributed by atoms with van der Waals surface area (Å²) in [7, 11) is 2.85. The summed E-state index contributed by atoms with van der Waals surface area (Å²) in [6.45, 7) is 11.9. The molecule has 0 radical (unpaired) electrons. The zero-order valence-electron chi connectivity index (χ0n) is 18.4. The molecule has 3 atom stereocenters. The zero-order chi connectivity index (χ0) is 22.4. The molecule has 2 N–H and O–H groups in total. The fraction of sp³-hybridized carbons (Fsp3) is 0.789. The van der Waals surface area contributed by atoms with E-state index >= 15 is 0 Å². The Kier molecular flexibility index (Phi) is 9.43. The van der Waals surface area contributed by atoms with Crippen LogP contribution in [0.15, 0.2) is 0 Å². The van der Waals surface area contributed by atoms with Crippen molar-refractivity contribution in [2.45, 2.75) is 78.6 Å². The van der Waals surface area contributed by atoms with E-state index in [1.165, 1.54) is 32.8 Å². The van der Waals surface area contributed by atoms with E-state index in [0.29, 0.717) is 6.42 Å². The molecule has 0 aromatic heterocycles. The monoisotopic (exact) mass is 401 g/mol. The highest BCUT2D eigenvalue weighted by Crippen LogP contribution is 2.14. The maximum absolute atomic E-state index is 12.7. The third-order valence-corrected chi connectivity index (χ3v) is 4.18. The molecule has 0 bridgehead atoms. The lowest BCUT2D eigenvalue weighted by Gasteiger charge is -2.33. The summed E-state index contributed by atoms with van der Waals surface area (Å²) in [5.74, 6) is -1.99. The average molecular weight is 402 g/mol. The van der Waals surface area contributed by atoms with Crippen LogP contribution in [0.1, 0.15) is 54.9 Å². The third-order valence-electron chi connectivity index (χ3n) is 4.18. The molecule has 0 heterocycles. The normalized spacial score (nSPS) is 14.6. The zero-order valence-corrected chi connectivity index (χ0v) is 18.4. The highest BCUT2D eigenvalue weighted by atomic mass is 16.6. The van der Waals surface area contributed by atoms with E-state index in [-0.39, 0.29) is 5.92 Å². The molecular formula is C19H35N3O6. The third kappa shape index (κ3) is 8.14. The number of carboxylic acids is 1. The Morgan fingerprint density at radius 3 is 1.86 bits per heavy atom. The van der Waals surface area contributed by atoms with Crippen molar-refractivity contribution in [3.63, 3.8) is 0 Å². The van der Waals surface area contributed by atoms with Gasteiger partial charge in [0.25, 0.3) is 0 Å². The topological polar surface area (TPSA) is 116 Å². The Balaban J connectivity index is 5.08. The number of nitrogens with zero attached hydrogens (tertiary/aromatic N) is 2. The number of hydrogen-bond acceptors (Lipinski definition) is 5. The standard InChI is InChI=1S/C19H35N3O6/c1-11(2)10-14(17(25)26)22(9)16(24)13(4)21(8)15(23)12(3)20-18(27)28-19(5,6)7/h11-14H,10H2,1-9H3,(H,20,27)(H,25,26)/t12-,13-,14-/m0/s1. The van der Waals surface area contributed by atoms with Crippen molar-refractivity contribution in [2.24, 2.45) is 5.92 Å². The summed E-state index contributed by atoms with van der Waals surface area (Å²) in [5, 5.41) is 11.9. The van der Waals surface area contributed by atoms with E-state index in [1.807, 2.05) is 13.8 Å². The largest absolute Gasteiger partial charge is 0.480 e. The first-order valence-electron chi connectivity index (χ1n) is 9.34. The summed E-state index contributed by atoms with van der Waals surface area (Å²) in [6, 6.07) is -2.78. The molecule has 0 aliphatic heterocycles. The number of amides is 3. The van der Waals surface area contributed by atoms with Crippen LogP contribution in [0.5, 0.6) is 0 Å². The SMILES string of the molecule is CC(C)C[C@@H](C(=O)O)N(C)C(=O)[C@H](C)N(C)C(=O)[C@H](C)NC(=O)OC(C)(C)C. The van der Waals surface area contributed by atoms with Crippen LogP contribution in [0.2, 0.25) is 0 Å². The smallest absolute Gasteiger partial charge is 0.408 e. The average Bonchev–Trinajstić information content (AvgIpc) is 2.53. The number of ether oxygens (including phenoxy) is 1. The van der Waals surface area contributed by atoms with Crippen LogP contribution in [-0.2, 0) is 19.1 Å². The van der Waals surface area contributed by atoms with Crippen molar-refractivity contribution in [3.05, 3.63) is 0 Å². The van der Waals surface area contributed by atoms with Gasteiger partial charge in [-0.15, -0.1) is 0 Å². The predicted molar refractivity (Wildman–Crippen MR) is 105 cm³/mol. The maximum atomic E-state index is 12.7. The number of aliphatic carboxylic acids is 1. The predicted octanol–water partition coefficient (Wildman–Crippen LogP) is 1.70. The number of hydrogen-bond donors (Lipinski definition) is 2. The van der Waals surface area contributed by atoms with E-state index in [9.17, 15) is 24.3 Å². The molecule has 0 aromatic carbocycles. The van der Waals surface area contributed by atoms with Crippen LogP contribution >= 0.6 is 0 Å². The van der Waals surface area contributed by atoms with Crippen LogP contribution < -0.4 is 5.32 Å². The molecule has 3 amide bonds. The van der Waals surface area contributed by atoms with Crippen LogP contribution in [0.25, 0.3) is 0 Å². The first-order valence-corrected chi connectivity index (χ1v) is 9.34. The number of alkyl carbamates (subject to hydrolysis) is 1. The van der Waals surface area contributed by atoms with Gasteiger partial charge in [0.05, 0.1) is 0 Å². The molecule has 0 spiro atoms. The van der Waals surface area contributed by atoms with Gasteiger partial charge in [-0.3, -0.25) is 9.59 Å². The molecule has 0 fully saturated rings. The van der Waals surface area contributed by atoms with Crippen molar-refractivity contribution in [1.29, 1.82) is 0 Å². The minimum absolute atomic E-state index is 0.0871. The van der Waals surface area contributed by atoms with E-state index < -0.39 is 47.6 Å². The van der Waals surface area contributed by atoms with Gasteiger partial charge in [-0.25, -0.2) is 9.59 Å². The lowest BCUT2D eigenvalue weighted by molar-refractivity contribution is -0.153. The number of carbonyl (C=O) groups excluding carboxylic acids is 3. The highest BCUT2D eigenvalue weighted by molar-refractivity contribution is 5.92. The van der Waals surface area contributed by atoms with Gasteiger partial charge in [0.15, 0.2) is 0 Å². The van der Waals surface area contributed by atoms with Crippen LogP contribution in [-0.4, -0.2) is 76.6 Å². The molecular weight excluding hydrogens is 366 g/mol. The maximum Gasteiger partial charge on any atom is 0.408 e. The highest BCUT2D eigenvalue weighted by Gasteiger charge is 2.34. The van der Waals surface area contributed by atoms with Crippen LogP contribution in [0, 0.1) is 5.92 Å². The van der Waals surface area contributed by atoms with Crippen molar-refractivity contribution >= 4 is 23.9 Å². The lowest BCUT2D eigenvalue weighted by Crippen LogP contribution is -2.55. The summed E-state index contributed by atoms with van der Waals surface area (Å²) in [4.78, 5) is 51.0. The molecule has 0 aliphatic carbocycles. The molecule has 9 nitrogen and oxygen atoms in total. The van der Waals surface area contributed by atoms with Gasteiger partial charge >= 0.3 is 12.1 Å². The molecule has 0 saturated carbocycles. The van der Waals surface area contributed by atoms with Crippen molar-refractivity contribution < 1.29 is 29.0 Å². The van der Waals surface area contributed by atoms with Gasteiger partial charge in [0.2, 0.25) is 11.8 Å². The van der Waals surface area contributed by atoms with E-state index in [1.54, 1.807) is 20.8 Å². The van der Waals surface area contributed by atoms with Gasteiger partial charge < -0.3 is 25.0 Å². The molecule has 0 unspecified atom stereocenters. The van der Waals surface area contributed by atoms with E-state index in [4.69, 9.17) is 4.74 Å². The van der Waals surface area contributed by atoms with Gasteiger partial charge in [0.1, 0.15) is 23.7 Å². The summed E-state index contributed by atoms with van der Waals surface area (Å²) >= 11 is 0. The van der Waals surface area contributed by atoms with E-state index in [0.717, 1.165) is 4.90 Å². The second kappa shape index (κ2) is 10.3. The fourth-order valence-electron chi connectivity index (χ4n) is 2.53. The number of carboxylic acid groups (broad SMARTS) is 1. The fourth-order valence-corrected chi connectivity index (χ4v) is 2.53. The Labute approximate surface area is 167 Å². The quantitative estimate of drug-likeness (QED) is 0.639. The molecule has 0 aromatic rings. The van der Waals surface area contributed by atoms with Gasteiger partial charge in [-0.2, -0.15) is 0 Å². The Morgan fingerprint density at radius 2 is 1.46 bits per heavy atom. The first-order chi connectivity index (χ1) is 12.6. The van der Waals surface area contributed by atoms with Crippen LogP contribution in [0.4, 0.5) is 4.79 Å². The molecule has 0 rings (SSSR count). The van der Waals surface area contributed by atoms with Crippen molar-refractivity contribution in [3.8, 4) is 0 Å². The summed E-state index contributed by atoms with van der Waals surface area (Å²) in [5.41, 5.74) is -0.701. The number of nitrogens with one attached hydrogen (secondary N) is 1. The number of rotatable bonds is 8. The van der Waals surface area contributed by atoms with Crippen LogP contribution in [0.3, 0.4) is 0 Å². The lowest BCUT2D eigenvalue weighted by atomic mass is 10.0. The minimum atomic E-state index is -1.09. The molecule has 9 heteroatoms. The summed E-state index contributed by atoms with van der Waals surface area (Å²) < 4.78 is 5.12. The number of carbonyl (C=O) groups is 4.